The van der Waals surface area contributed by atoms with Crippen LogP contribution in [-0.4, -0.2) is 4.98 Å². The smallest absolute Gasteiger partial charge is 0.0593 e. The van der Waals surface area contributed by atoms with Crippen molar-refractivity contribution in [1.82, 2.24) is 4.98 Å². The summed E-state index contributed by atoms with van der Waals surface area (Å²) in [6.45, 7) is 0. The fourth-order valence-corrected chi connectivity index (χ4v) is 2.09. The average Bonchev–Trinajstić information content (AvgIpc) is 2.22. The number of anilines is 2. The van der Waals surface area contributed by atoms with Crippen LogP contribution < -0.4 is 5.32 Å². The molecule has 0 atom stereocenters. The van der Waals surface area contributed by atoms with E-state index in [1.54, 1.807) is 12.4 Å². The van der Waals surface area contributed by atoms with Gasteiger partial charge in [0.05, 0.1) is 10.2 Å². The summed E-state index contributed by atoms with van der Waals surface area (Å²) in [5.74, 6) is 0. The summed E-state index contributed by atoms with van der Waals surface area (Å²) in [4.78, 5) is 4.02. The largest absolute Gasteiger partial charge is 0.354 e. The van der Waals surface area contributed by atoms with Gasteiger partial charge in [-0.15, -0.1) is 0 Å². The summed E-state index contributed by atoms with van der Waals surface area (Å²) in [5, 5.41) is 3.32. The minimum Gasteiger partial charge on any atom is -0.354 e. The van der Waals surface area contributed by atoms with E-state index in [1.807, 2.05) is 18.2 Å². The SMILES string of the molecule is Brc1cnccc1Nc1cccc(I)c1. The monoisotopic (exact) mass is 374 g/mol. The van der Waals surface area contributed by atoms with Crippen molar-refractivity contribution in [3.8, 4) is 0 Å². The summed E-state index contributed by atoms with van der Waals surface area (Å²) >= 11 is 5.74. The van der Waals surface area contributed by atoms with E-state index >= 15 is 0 Å². The Morgan fingerprint density at radius 2 is 2.13 bits per heavy atom. The molecule has 0 radical (unpaired) electrons. The van der Waals surface area contributed by atoms with Gasteiger partial charge in [-0.05, 0) is 62.8 Å². The molecule has 15 heavy (non-hydrogen) atoms. The highest BCUT2D eigenvalue weighted by atomic mass is 127. The van der Waals surface area contributed by atoms with Gasteiger partial charge in [-0.3, -0.25) is 4.98 Å². The number of hydrogen-bond donors (Lipinski definition) is 1. The van der Waals surface area contributed by atoms with E-state index in [9.17, 15) is 0 Å². The Kier molecular flexibility index (Phi) is 3.58. The van der Waals surface area contributed by atoms with Gasteiger partial charge in [0, 0.05) is 21.7 Å². The lowest BCUT2D eigenvalue weighted by molar-refractivity contribution is 1.30. The molecule has 2 nitrogen and oxygen atoms in total. The Morgan fingerprint density at radius 1 is 1.27 bits per heavy atom. The quantitative estimate of drug-likeness (QED) is 0.797. The van der Waals surface area contributed by atoms with E-state index in [2.05, 4.69) is 61.0 Å². The predicted molar refractivity (Wildman–Crippen MR) is 74.4 cm³/mol. The number of hydrogen-bond acceptors (Lipinski definition) is 2. The second-order valence-corrected chi connectivity index (χ2v) is 5.09. The minimum absolute atomic E-state index is 0.962. The van der Waals surface area contributed by atoms with E-state index in [1.165, 1.54) is 3.57 Å². The second-order valence-electron chi connectivity index (χ2n) is 2.99. The summed E-state index contributed by atoms with van der Waals surface area (Å²) in [7, 11) is 0. The molecule has 2 aromatic rings. The van der Waals surface area contributed by atoms with Gasteiger partial charge in [0.15, 0.2) is 0 Å². The fraction of sp³-hybridized carbons (Fsp3) is 0. The van der Waals surface area contributed by atoms with Gasteiger partial charge < -0.3 is 5.32 Å². The van der Waals surface area contributed by atoms with Gasteiger partial charge in [0.2, 0.25) is 0 Å². The van der Waals surface area contributed by atoms with Crippen LogP contribution in [0, 0.1) is 3.57 Å². The van der Waals surface area contributed by atoms with Crippen molar-refractivity contribution in [1.29, 1.82) is 0 Å². The number of rotatable bonds is 2. The van der Waals surface area contributed by atoms with Crippen molar-refractivity contribution in [2.75, 3.05) is 5.32 Å². The van der Waals surface area contributed by atoms with Gasteiger partial charge in [0.25, 0.3) is 0 Å². The molecule has 1 aromatic heterocycles. The van der Waals surface area contributed by atoms with Crippen LogP contribution in [-0.2, 0) is 0 Å². The molecule has 4 heteroatoms. The molecule has 0 saturated heterocycles. The van der Waals surface area contributed by atoms with Crippen LogP contribution in [0.3, 0.4) is 0 Å². The fourth-order valence-electron chi connectivity index (χ4n) is 1.20. The number of nitrogens with zero attached hydrogens (tertiary/aromatic N) is 1. The molecular formula is C11H8BrIN2. The van der Waals surface area contributed by atoms with Crippen LogP contribution in [0.4, 0.5) is 11.4 Å². The summed E-state index contributed by atoms with van der Waals surface area (Å²) < 4.78 is 2.17. The highest BCUT2D eigenvalue weighted by Crippen LogP contribution is 2.24. The molecule has 0 aliphatic carbocycles. The molecule has 0 amide bonds. The molecule has 1 aromatic carbocycles. The molecule has 0 saturated carbocycles. The third-order valence-corrected chi connectivity index (χ3v) is 3.18. The van der Waals surface area contributed by atoms with Crippen LogP contribution in [0.5, 0.6) is 0 Å². The van der Waals surface area contributed by atoms with Gasteiger partial charge >= 0.3 is 0 Å². The first-order valence-corrected chi connectivity index (χ1v) is 6.25. The molecule has 1 heterocycles. The molecule has 0 aliphatic rings. The molecular weight excluding hydrogens is 367 g/mol. The Labute approximate surface area is 110 Å². The molecule has 0 aliphatic heterocycles. The Bertz CT molecular complexity index is 474. The maximum absolute atomic E-state index is 4.02. The highest BCUT2D eigenvalue weighted by molar-refractivity contribution is 14.1. The van der Waals surface area contributed by atoms with E-state index in [4.69, 9.17) is 0 Å². The van der Waals surface area contributed by atoms with Crippen LogP contribution in [0.2, 0.25) is 0 Å². The first-order chi connectivity index (χ1) is 7.25. The number of aromatic nitrogens is 1. The van der Waals surface area contributed by atoms with Crippen LogP contribution in [0.1, 0.15) is 0 Å². The first kappa shape index (κ1) is 10.9. The minimum atomic E-state index is 0.962. The van der Waals surface area contributed by atoms with Crippen molar-refractivity contribution in [2.24, 2.45) is 0 Å². The Morgan fingerprint density at radius 3 is 2.87 bits per heavy atom. The van der Waals surface area contributed by atoms with Gasteiger partial charge in [-0.25, -0.2) is 0 Å². The molecule has 0 spiro atoms. The summed E-state index contributed by atoms with van der Waals surface area (Å²) in [6.07, 6.45) is 3.54. The molecule has 76 valence electrons. The summed E-state index contributed by atoms with van der Waals surface area (Å²) in [6, 6.07) is 10.2. The normalized spacial score (nSPS) is 10.0. The maximum Gasteiger partial charge on any atom is 0.0593 e. The van der Waals surface area contributed by atoms with Crippen molar-refractivity contribution in [3.63, 3.8) is 0 Å². The zero-order valence-electron chi connectivity index (χ0n) is 7.74. The lowest BCUT2D eigenvalue weighted by Crippen LogP contribution is -1.91. The lowest BCUT2D eigenvalue weighted by Gasteiger charge is -2.07. The van der Waals surface area contributed by atoms with Crippen LogP contribution >= 0.6 is 38.5 Å². The van der Waals surface area contributed by atoms with Crippen LogP contribution in [0.25, 0.3) is 0 Å². The van der Waals surface area contributed by atoms with Gasteiger partial charge in [-0.2, -0.15) is 0 Å². The molecule has 0 unspecified atom stereocenters. The van der Waals surface area contributed by atoms with Crippen molar-refractivity contribution < 1.29 is 0 Å². The second kappa shape index (κ2) is 4.94. The third kappa shape index (κ3) is 2.92. The molecule has 0 bridgehead atoms. The number of nitrogens with one attached hydrogen (secondary N) is 1. The molecule has 1 N–H and O–H groups in total. The van der Waals surface area contributed by atoms with E-state index in [-0.39, 0.29) is 0 Å². The number of pyridine rings is 1. The van der Waals surface area contributed by atoms with E-state index in [0.29, 0.717) is 0 Å². The summed E-state index contributed by atoms with van der Waals surface area (Å²) in [5.41, 5.74) is 2.10. The Hall–Kier alpha value is -0.620. The van der Waals surface area contributed by atoms with Gasteiger partial charge in [-0.1, -0.05) is 6.07 Å². The van der Waals surface area contributed by atoms with Crippen molar-refractivity contribution in [2.45, 2.75) is 0 Å². The average molecular weight is 375 g/mol. The molecule has 2 rings (SSSR count). The maximum atomic E-state index is 4.02. The third-order valence-electron chi connectivity index (χ3n) is 1.88. The zero-order chi connectivity index (χ0) is 10.7. The molecule has 0 fully saturated rings. The van der Waals surface area contributed by atoms with Gasteiger partial charge in [0.1, 0.15) is 0 Å². The van der Waals surface area contributed by atoms with Crippen molar-refractivity contribution >= 4 is 49.9 Å². The van der Waals surface area contributed by atoms with E-state index < -0.39 is 0 Å². The van der Waals surface area contributed by atoms with E-state index in [0.717, 1.165) is 15.8 Å². The predicted octanol–water partition coefficient (Wildman–Crippen LogP) is 4.19. The Balaban J connectivity index is 2.26. The standard InChI is InChI=1S/C11H8BrIN2/c12-10-7-14-5-4-11(10)15-9-3-1-2-8(13)6-9/h1-7H,(H,14,15). The van der Waals surface area contributed by atoms with Crippen LogP contribution in [0.15, 0.2) is 47.2 Å². The topological polar surface area (TPSA) is 24.9 Å². The van der Waals surface area contributed by atoms with Crippen molar-refractivity contribution in [3.05, 3.63) is 50.8 Å². The number of halogens is 2. The zero-order valence-corrected chi connectivity index (χ0v) is 11.5. The lowest BCUT2D eigenvalue weighted by atomic mass is 10.3. The number of benzene rings is 1. The first-order valence-electron chi connectivity index (χ1n) is 4.38. The highest BCUT2D eigenvalue weighted by Gasteiger charge is 1.99.